The highest BCUT2D eigenvalue weighted by Crippen LogP contribution is 2.44. The zero-order chi connectivity index (χ0) is 17.8. The fourth-order valence-electron chi connectivity index (χ4n) is 6.16. The van der Waals surface area contributed by atoms with Crippen molar-refractivity contribution in [2.75, 3.05) is 26.2 Å². The first-order valence-electron chi connectivity index (χ1n) is 10.1. The Kier molecular flexibility index (Phi) is 4.13. The molecule has 0 aromatic heterocycles. The van der Waals surface area contributed by atoms with Crippen molar-refractivity contribution in [3.8, 4) is 5.75 Å². The first kappa shape index (κ1) is 17.3. The first-order valence-corrected chi connectivity index (χ1v) is 10.1. The molecule has 138 valence electrons. The van der Waals surface area contributed by atoms with Crippen LogP contribution in [0.2, 0.25) is 0 Å². The van der Waals surface area contributed by atoms with E-state index in [0.717, 1.165) is 44.8 Å². The van der Waals surface area contributed by atoms with Crippen LogP contribution in [0.4, 0.5) is 0 Å². The largest absolute Gasteiger partial charge is 0.491 e. The lowest BCUT2D eigenvalue weighted by molar-refractivity contribution is -1.19. The van der Waals surface area contributed by atoms with Crippen LogP contribution < -0.4 is 14.5 Å². The Morgan fingerprint density at radius 2 is 1.48 bits per heavy atom. The molecule has 4 bridgehead atoms. The minimum atomic E-state index is -0.120. The lowest BCUT2D eigenvalue weighted by Gasteiger charge is -2.64. The molecule has 0 saturated carbocycles. The molecular weight excluding hydrogens is 312 g/mol. The summed E-state index contributed by atoms with van der Waals surface area (Å²) in [5, 5.41) is 11.2. The predicted molar refractivity (Wildman–Crippen MR) is 97.8 cm³/mol. The van der Waals surface area contributed by atoms with Gasteiger partial charge in [0, 0.05) is 0 Å². The average molecular weight is 347 g/mol. The Hall–Kier alpha value is -1.10. The van der Waals surface area contributed by atoms with Crippen LogP contribution >= 0.6 is 0 Å². The van der Waals surface area contributed by atoms with E-state index in [-0.39, 0.29) is 23.0 Å². The molecule has 4 fully saturated rings. The van der Waals surface area contributed by atoms with Gasteiger partial charge in [-0.1, -0.05) is 13.8 Å². The molecule has 1 aromatic rings. The third kappa shape index (κ3) is 2.53. The van der Waals surface area contributed by atoms with Gasteiger partial charge in [0.15, 0.2) is 0 Å². The highest BCUT2D eigenvalue weighted by molar-refractivity contribution is 5.28. The van der Waals surface area contributed by atoms with E-state index >= 15 is 0 Å². The van der Waals surface area contributed by atoms with Gasteiger partial charge >= 0.3 is 0 Å². The van der Waals surface area contributed by atoms with Crippen molar-refractivity contribution in [1.82, 2.24) is 0 Å². The summed E-state index contributed by atoms with van der Waals surface area (Å²) < 4.78 is 5.81. The van der Waals surface area contributed by atoms with E-state index in [4.69, 9.17) is 4.74 Å². The third-order valence-electron chi connectivity index (χ3n) is 7.29. The number of hydrogen-bond donors (Lipinski definition) is 3. The molecule has 0 radical (unpaired) electrons. The molecule has 3 N–H and O–H groups in total. The van der Waals surface area contributed by atoms with Crippen LogP contribution in [0.1, 0.15) is 52.3 Å². The van der Waals surface area contributed by atoms with Gasteiger partial charge in [0.2, 0.25) is 6.17 Å². The molecule has 1 aromatic carbocycles. The number of aliphatic hydroxyl groups is 1. The van der Waals surface area contributed by atoms with E-state index in [1.165, 1.54) is 5.56 Å². The monoisotopic (exact) mass is 346 g/mol. The van der Waals surface area contributed by atoms with Crippen LogP contribution in [-0.4, -0.2) is 43.5 Å². The Morgan fingerprint density at radius 3 is 1.88 bits per heavy atom. The molecular formula is C21H34N2O2+2. The Labute approximate surface area is 151 Å². The smallest absolute Gasteiger partial charge is 0.240 e. The van der Waals surface area contributed by atoms with Gasteiger partial charge < -0.3 is 9.84 Å². The zero-order valence-corrected chi connectivity index (χ0v) is 16.1. The first-order chi connectivity index (χ1) is 11.9. The number of aliphatic hydroxyl groups excluding tert-OH is 1. The predicted octanol–water partition coefficient (Wildman–Crippen LogP) is 0.437. The number of benzene rings is 1. The SMILES string of the molecule is CCC12C[NH+]3CC(CC)(C[NH+](C1)C3c1ccc(OC(C)C)cc1)C2O. The summed E-state index contributed by atoms with van der Waals surface area (Å²) in [6.45, 7) is 13.1. The minimum absolute atomic E-state index is 0.119. The van der Waals surface area contributed by atoms with Gasteiger partial charge in [-0.2, -0.15) is 0 Å². The number of rotatable bonds is 5. The van der Waals surface area contributed by atoms with Crippen LogP contribution in [-0.2, 0) is 0 Å². The topological polar surface area (TPSA) is 38.3 Å². The van der Waals surface area contributed by atoms with Crippen LogP contribution in [0.15, 0.2) is 24.3 Å². The lowest BCUT2D eigenvalue weighted by atomic mass is 9.57. The van der Waals surface area contributed by atoms with Crippen LogP contribution in [0.25, 0.3) is 0 Å². The summed E-state index contributed by atoms with van der Waals surface area (Å²) in [5.74, 6) is 0.961. The fraction of sp³-hybridized carbons (Fsp3) is 0.714. The van der Waals surface area contributed by atoms with E-state index < -0.39 is 0 Å². The van der Waals surface area contributed by atoms with E-state index in [9.17, 15) is 5.11 Å². The molecule has 5 rings (SSSR count). The molecule has 4 nitrogen and oxygen atoms in total. The molecule has 0 amide bonds. The Morgan fingerprint density at radius 1 is 1.00 bits per heavy atom. The highest BCUT2D eigenvalue weighted by Gasteiger charge is 2.69. The third-order valence-corrected chi connectivity index (χ3v) is 7.29. The summed E-state index contributed by atoms with van der Waals surface area (Å²) in [6, 6.07) is 8.78. The maximum Gasteiger partial charge on any atom is 0.240 e. The van der Waals surface area contributed by atoms with E-state index in [1.807, 2.05) is 0 Å². The number of hydrogen-bond acceptors (Lipinski definition) is 2. The van der Waals surface area contributed by atoms with Gasteiger partial charge in [-0.25, -0.2) is 0 Å². The average Bonchev–Trinajstić information content (AvgIpc) is 2.59. The molecule has 4 heteroatoms. The van der Waals surface area contributed by atoms with Crippen molar-refractivity contribution >= 4 is 0 Å². The summed E-state index contributed by atoms with van der Waals surface area (Å²) in [7, 11) is 0. The normalized spacial score (nSPS) is 42.2. The van der Waals surface area contributed by atoms with Crippen LogP contribution in [0, 0.1) is 10.8 Å². The van der Waals surface area contributed by atoms with Gasteiger partial charge in [-0.15, -0.1) is 0 Å². The van der Waals surface area contributed by atoms with Crippen molar-refractivity contribution in [3.05, 3.63) is 29.8 Å². The van der Waals surface area contributed by atoms with E-state index in [1.54, 1.807) is 9.80 Å². The van der Waals surface area contributed by atoms with Gasteiger partial charge in [-0.05, 0) is 51.0 Å². The van der Waals surface area contributed by atoms with E-state index in [2.05, 4.69) is 52.0 Å². The molecule has 0 spiro atoms. The second kappa shape index (κ2) is 5.97. The molecule has 0 atom stereocenters. The summed E-state index contributed by atoms with van der Waals surface area (Å²) >= 11 is 0. The number of quaternary nitrogens is 2. The van der Waals surface area contributed by atoms with E-state index in [0.29, 0.717) is 6.17 Å². The molecule has 0 unspecified atom stereocenters. The maximum absolute atomic E-state index is 11.2. The maximum atomic E-state index is 11.2. The Bertz CT molecular complexity index is 587. The van der Waals surface area contributed by atoms with Crippen molar-refractivity contribution in [2.45, 2.75) is 58.9 Å². The number of nitrogens with one attached hydrogen (secondary N) is 2. The number of ether oxygens (including phenoxy) is 1. The van der Waals surface area contributed by atoms with Crippen molar-refractivity contribution in [2.24, 2.45) is 10.8 Å². The second-order valence-corrected chi connectivity index (χ2v) is 9.03. The van der Waals surface area contributed by atoms with Crippen molar-refractivity contribution in [1.29, 1.82) is 0 Å². The molecule has 4 aliphatic heterocycles. The molecule has 4 saturated heterocycles. The summed E-state index contributed by atoms with van der Waals surface area (Å²) in [6.07, 6.45) is 2.80. The molecule has 4 heterocycles. The molecule has 4 aliphatic rings. The zero-order valence-electron chi connectivity index (χ0n) is 16.1. The lowest BCUT2D eigenvalue weighted by Crippen LogP contribution is -3.41. The molecule has 25 heavy (non-hydrogen) atoms. The minimum Gasteiger partial charge on any atom is -0.491 e. The van der Waals surface area contributed by atoms with Crippen LogP contribution in [0.3, 0.4) is 0 Å². The second-order valence-electron chi connectivity index (χ2n) is 9.03. The molecule has 0 aliphatic carbocycles. The highest BCUT2D eigenvalue weighted by atomic mass is 16.5. The fourth-order valence-corrected chi connectivity index (χ4v) is 6.16. The van der Waals surface area contributed by atoms with Crippen molar-refractivity contribution in [3.63, 3.8) is 0 Å². The summed E-state index contributed by atoms with van der Waals surface area (Å²) in [5.41, 5.74) is 1.66. The van der Waals surface area contributed by atoms with Crippen molar-refractivity contribution < 1.29 is 19.6 Å². The quantitative estimate of drug-likeness (QED) is 0.724. The van der Waals surface area contributed by atoms with Crippen LogP contribution in [0.5, 0.6) is 5.75 Å². The van der Waals surface area contributed by atoms with Gasteiger partial charge in [-0.3, -0.25) is 9.80 Å². The number of piperidine rings is 2. The van der Waals surface area contributed by atoms with Gasteiger partial charge in [0.05, 0.1) is 54.8 Å². The summed E-state index contributed by atoms with van der Waals surface area (Å²) in [4.78, 5) is 3.36. The Balaban J connectivity index is 1.62. The van der Waals surface area contributed by atoms with Gasteiger partial charge in [0.25, 0.3) is 0 Å². The standard InChI is InChI=1S/C21H32N2O2/c1-5-20-11-22-13-21(6-2,19(20)24)14-23(12-20)18(22)16-7-9-17(10-8-16)25-15(3)4/h7-10,15,18-19,24H,5-6,11-14H2,1-4H3/p+2. The van der Waals surface area contributed by atoms with Gasteiger partial charge in [0.1, 0.15) is 5.75 Å².